The number of alkyl halides is 2. The van der Waals surface area contributed by atoms with E-state index in [1.807, 2.05) is 25.1 Å². The highest BCUT2D eigenvalue weighted by atomic mass is 19.3. The summed E-state index contributed by atoms with van der Waals surface area (Å²) < 4.78 is 36.1. The number of allylic oxidation sites excluding steroid dienone is 2. The molecule has 0 saturated heterocycles. The van der Waals surface area contributed by atoms with Crippen LogP contribution in [0.1, 0.15) is 18.9 Å². The Morgan fingerprint density at radius 2 is 1.76 bits per heavy atom. The van der Waals surface area contributed by atoms with E-state index in [0.717, 1.165) is 29.4 Å². The van der Waals surface area contributed by atoms with Gasteiger partial charge in [0.15, 0.2) is 11.5 Å². The minimum atomic E-state index is -2.93. The van der Waals surface area contributed by atoms with Crippen LogP contribution in [0.15, 0.2) is 79.4 Å². The monoisotopic (exact) mass is 394 g/mol. The Morgan fingerprint density at radius 1 is 1.00 bits per heavy atom. The van der Waals surface area contributed by atoms with Gasteiger partial charge in [0, 0.05) is 5.39 Å². The average molecular weight is 394 g/mol. The smallest absolute Gasteiger partial charge is 0.387 e. The quantitative estimate of drug-likeness (QED) is 0.358. The fourth-order valence-corrected chi connectivity index (χ4v) is 3.21. The van der Waals surface area contributed by atoms with Crippen LogP contribution in [-0.2, 0) is 6.42 Å². The predicted octanol–water partition coefficient (Wildman–Crippen LogP) is 7.18. The fraction of sp³-hybridized carbons (Fsp3) is 0.200. The van der Waals surface area contributed by atoms with Gasteiger partial charge in [0.1, 0.15) is 6.61 Å². The zero-order valence-corrected chi connectivity index (χ0v) is 16.4. The maximum atomic E-state index is 12.9. The third kappa shape index (κ3) is 5.23. The van der Waals surface area contributed by atoms with Crippen molar-refractivity contribution in [3.63, 3.8) is 0 Å². The molecule has 150 valence electrons. The first-order valence-corrected chi connectivity index (χ1v) is 9.58. The summed E-state index contributed by atoms with van der Waals surface area (Å²) >= 11 is 0. The van der Waals surface area contributed by atoms with Gasteiger partial charge in [-0.15, -0.1) is 0 Å². The van der Waals surface area contributed by atoms with Gasteiger partial charge in [0.05, 0.1) is 0 Å². The number of halogens is 2. The van der Waals surface area contributed by atoms with Crippen molar-refractivity contribution >= 4 is 10.8 Å². The Morgan fingerprint density at radius 3 is 2.45 bits per heavy atom. The molecule has 4 heteroatoms. The molecule has 3 aromatic carbocycles. The van der Waals surface area contributed by atoms with Crippen molar-refractivity contribution in [2.75, 3.05) is 6.61 Å². The molecule has 0 spiro atoms. The molecule has 29 heavy (non-hydrogen) atoms. The molecule has 0 atom stereocenters. The molecule has 0 heterocycles. The van der Waals surface area contributed by atoms with Crippen LogP contribution in [0.5, 0.6) is 11.5 Å². The Balaban J connectivity index is 1.92. The van der Waals surface area contributed by atoms with E-state index in [4.69, 9.17) is 9.47 Å². The average Bonchev–Trinajstić information content (AvgIpc) is 2.73. The lowest BCUT2D eigenvalue weighted by atomic mass is 9.99. The SMILES string of the molecule is C=CCOc1ccc2cc(-c3ccc(CC/C=C/C)cc3)ccc2c1OC(F)F. The summed E-state index contributed by atoms with van der Waals surface area (Å²) in [5, 5.41) is 1.39. The highest BCUT2D eigenvalue weighted by Gasteiger charge is 2.15. The molecule has 3 aromatic rings. The van der Waals surface area contributed by atoms with Crippen LogP contribution in [-0.4, -0.2) is 13.2 Å². The van der Waals surface area contributed by atoms with Crippen molar-refractivity contribution < 1.29 is 18.3 Å². The van der Waals surface area contributed by atoms with E-state index in [9.17, 15) is 8.78 Å². The maximum absolute atomic E-state index is 12.9. The third-order valence-corrected chi connectivity index (χ3v) is 4.62. The summed E-state index contributed by atoms with van der Waals surface area (Å²) in [6.45, 7) is 2.89. The van der Waals surface area contributed by atoms with Crippen LogP contribution in [0, 0.1) is 0 Å². The van der Waals surface area contributed by atoms with Crippen LogP contribution in [0.2, 0.25) is 0 Å². The summed E-state index contributed by atoms with van der Waals surface area (Å²) in [7, 11) is 0. The van der Waals surface area contributed by atoms with E-state index in [0.29, 0.717) is 5.39 Å². The van der Waals surface area contributed by atoms with E-state index < -0.39 is 6.61 Å². The van der Waals surface area contributed by atoms with Gasteiger partial charge in [-0.2, -0.15) is 8.78 Å². The first-order chi connectivity index (χ1) is 14.1. The molecule has 0 aliphatic rings. The minimum absolute atomic E-state index is 0.0465. The Labute approximate surface area is 170 Å². The van der Waals surface area contributed by atoms with Gasteiger partial charge in [-0.1, -0.05) is 61.2 Å². The molecule has 0 aromatic heterocycles. The molecular weight excluding hydrogens is 370 g/mol. The second-order valence-corrected chi connectivity index (χ2v) is 6.61. The second kappa shape index (κ2) is 9.87. The van der Waals surface area contributed by atoms with E-state index >= 15 is 0 Å². The summed E-state index contributed by atoms with van der Waals surface area (Å²) in [4.78, 5) is 0. The van der Waals surface area contributed by atoms with Crippen LogP contribution >= 0.6 is 0 Å². The van der Waals surface area contributed by atoms with Crippen LogP contribution < -0.4 is 9.47 Å². The molecule has 0 radical (unpaired) electrons. The number of rotatable bonds is 9. The molecule has 0 bridgehead atoms. The molecule has 3 rings (SSSR count). The lowest BCUT2D eigenvalue weighted by Gasteiger charge is -2.15. The van der Waals surface area contributed by atoms with Gasteiger partial charge >= 0.3 is 6.61 Å². The van der Waals surface area contributed by atoms with Crippen molar-refractivity contribution in [2.24, 2.45) is 0 Å². The minimum Gasteiger partial charge on any atom is -0.486 e. The van der Waals surface area contributed by atoms with E-state index in [1.54, 1.807) is 18.2 Å². The number of hydrogen-bond donors (Lipinski definition) is 0. The van der Waals surface area contributed by atoms with Crippen LogP contribution in [0.4, 0.5) is 8.78 Å². The zero-order valence-electron chi connectivity index (χ0n) is 16.4. The maximum Gasteiger partial charge on any atom is 0.387 e. The fourth-order valence-electron chi connectivity index (χ4n) is 3.21. The highest BCUT2D eigenvalue weighted by Crippen LogP contribution is 2.38. The topological polar surface area (TPSA) is 18.5 Å². The lowest BCUT2D eigenvalue weighted by molar-refractivity contribution is -0.0502. The van der Waals surface area contributed by atoms with Crippen molar-refractivity contribution in [3.05, 3.63) is 85.0 Å². The van der Waals surface area contributed by atoms with Gasteiger partial charge in [0.25, 0.3) is 0 Å². The summed E-state index contributed by atoms with van der Waals surface area (Å²) in [6, 6.07) is 17.6. The number of aryl methyl sites for hydroxylation is 1. The predicted molar refractivity (Wildman–Crippen MR) is 115 cm³/mol. The van der Waals surface area contributed by atoms with Gasteiger partial charge < -0.3 is 9.47 Å². The van der Waals surface area contributed by atoms with Crippen molar-refractivity contribution in [1.29, 1.82) is 0 Å². The normalized spacial score (nSPS) is 11.3. The first-order valence-electron chi connectivity index (χ1n) is 9.58. The number of benzene rings is 3. The van der Waals surface area contributed by atoms with Crippen molar-refractivity contribution in [2.45, 2.75) is 26.4 Å². The number of hydrogen-bond acceptors (Lipinski definition) is 2. The van der Waals surface area contributed by atoms with Gasteiger partial charge in [-0.3, -0.25) is 0 Å². The van der Waals surface area contributed by atoms with E-state index in [2.05, 4.69) is 43.0 Å². The zero-order chi connectivity index (χ0) is 20.6. The standard InChI is InChI=1S/C25H24F2O2/c1-3-5-6-7-18-8-10-19(11-9-18)20-12-14-22-21(17-20)13-15-23(28-16-4-2)24(22)29-25(26)27/h3-5,8-15,17,25H,2,6-7,16H2,1H3/b5-3+. The van der Waals surface area contributed by atoms with Crippen molar-refractivity contribution in [3.8, 4) is 22.6 Å². The largest absolute Gasteiger partial charge is 0.486 e. The van der Waals surface area contributed by atoms with E-state index in [1.165, 1.54) is 5.56 Å². The molecule has 0 aliphatic heterocycles. The van der Waals surface area contributed by atoms with Gasteiger partial charge in [-0.25, -0.2) is 0 Å². The third-order valence-electron chi connectivity index (χ3n) is 4.62. The Hall–Kier alpha value is -3.14. The molecular formula is C25H24F2O2. The molecule has 0 fully saturated rings. The molecule has 2 nitrogen and oxygen atoms in total. The molecule has 0 unspecified atom stereocenters. The molecule has 0 saturated carbocycles. The highest BCUT2D eigenvalue weighted by molar-refractivity contribution is 5.93. The Bertz CT molecular complexity index is 992. The lowest BCUT2D eigenvalue weighted by Crippen LogP contribution is -2.05. The number of ether oxygens (including phenoxy) is 2. The summed E-state index contributed by atoms with van der Waals surface area (Å²) in [5.74, 6) is 0.321. The van der Waals surface area contributed by atoms with Gasteiger partial charge in [-0.05, 0) is 60.0 Å². The van der Waals surface area contributed by atoms with Crippen LogP contribution in [0.25, 0.3) is 21.9 Å². The Kier molecular flexibility index (Phi) is 7.01. The van der Waals surface area contributed by atoms with Gasteiger partial charge in [0.2, 0.25) is 0 Å². The van der Waals surface area contributed by atoms with Crippen molar-refractivity contribution in [1.82, 2.24) is 0 Å². The molecule has 0 aliphatic carbocycles. The summed E-state index contributed by atoms with van der Waals surface area (Å²) in [5.41, 5.74) is 3.37. The first kappa shape index (κ1) is 20.6. The molecule has 0 amide bonds. The van der Waals surface area contributed by atoms with E-state index in [-0.39, 0.29) is 18.1 Å². The second-order valence-electron chi connectivity index (χ2n) is 6.61. The van der Waals surface area contributed by atoms with Crippen LogP contribution in [0.3, 0.4) is 0 Å². The summed E-state index contributed by atoms with van der Waals surface area (Å²) in [6.07, 6.45) is 7.80. The molecule has 0 N–H and O–H groups in total. The number of fused-ring (bicyclic) bond motifs is 1.